The van der Waals surface area contributed by atoms with Gasteiger partial charge in [0.25, 0.3) is 0 Å². The summed E-state index contributed by atoms with van der Waals surface area (Å²) in [4.78, 5) is 5.68. The highest BCUT2D eigenvalue weighted by atomic mass is 79.9. The summed E-state index contributed by atoms with van der Waals surface area (Å²) in [5.41, 5.74) is 1.94. The van der Waals surface area contributed by atoms with E-state index in [0.29, 0.717) is 5.95 Å². The number of thiophene rings is 1. The van der Waals surface area contributed by atoms with Gasteiger partial charge in [-0.15, -0.1) is 16.4 Å². The molecule has 1 N–H and O–H groups in total. The Bertz CT molecular complexity index is 688. The van der Waals surface area contributed by atoms with Gasteiger partial charge < -0.3 is 5.32 Å². The number of pyridine rings is 1. The van der Waals surface area contributed by atoms with Crippen LogP contribution in [0.3, 0.4) is 0 Å². The fraction of sp³-hybridized carbons (Fsp3) is 0.167. The van der Waals surface area contributed by atoms with Crippen LogP contribution in [0.5, 0.6) is 0 Å². The zero-order chi connectivity index (χ0) is 12.5. The van der Waals surface area contributed by atoms with Gasteiger partial charge in [0, 0.05) is 10.6 Å². The van der Waals surface area contributed by atoms with E-state index in [9.17, 15) is 0 Å². The van der Waals surface area contributed by atoms with Crippen molar-refractivity contribution >= 4 is 38.9 Å². The Labute approximate surface area is 117 Å². The molecule has 0 aromatic carbocycles. The van der Waals surface area contributed by atoms with Crippen LogP contribution in [0.1, 0.15) is 10.6 Å². The first-order chi connectivity index (χ1) is 8.72. The summed E-state index contributed by atoms with van der Waals surface area (Å²) in [6.45, 7) is 2.76. The SMILES string of the molecule is Cc1cccc2nc(NCc3ccc(Br)s3)nn12. The van der Waals surface area contributed by atoms with Crippen LogP contribution in [0, 0.1) is 6.92 Å². The van der Waals surface area contributed by atoms with E-state index < -0.39 is 0 Å². The van der Waals surface area contributed by atoms with Crippen molar-refractivity contribution in [2.24, 2.45) is 0 Å². The van der Waals surface area contributed by atoms with Crippen LogP contribution in [0.25, 0.3) is 5.65 Å². The van der Waals surface area contributed by atoms with Crippen molar-refractivity contribution in [2.45, 2.75) is 13.5 Å². The number of fused-ring (bicyclic) bond motifs is 1. The molecule has 3 aromatic heterocycles. The van der Waals surface area contributed by atoms with Gasteiger partial charge in [-0.1, -0.05) is 6.07 Å². The highest BCUT2D eigenvalue weighted by molar-refractivity contribution is 9.11. The van der Waals surface area contributed by atoms with E-state index in [1.54, 1.807) is 11.3 Å². The summed E-state index contributed by atoms with van der Waals surface area (Å²) in [7, 11) is 0. The molecule has 0 aliphatic heterocycles. The zero-order valence-corrected chi connectivity index (χ0v) is 12.1. The lowest BCUT2D eigenvalue weighted by atomic mass is 10.4. The summed E-state index contributed by atoms with van der Waals surface area (Å²) in [6, 6.07) is 10.1. The van der Waals surface area contributed by atoms with Crippen LogP contribution >= 0.6 is 27.3 Å². The molecule has 3 rings (SSSR count). The Kier molecular flexibility index (Phi) is 3.05. The highest BCUT2D eigenvalue weighted by Crippen LogP contribution is 2.22. The van der Waals surface area contributed by atoms with Gasteiger partial charge in [-0.2, -0.15) is 4.98 Å². The number of rotatable bonds is 3. The standard InChI is InChI=1S/C12H11BrN4S/c1-8-3-2-4-11-15-12(16-17(8)11)14-7-9-5-6-10(13)18-9/h2-6H,7H2,1H3,(H,14,16). The predicted octanol–water partition coefficient (Wildman–Crippen LogP) is 3.47. The van der Waals surface area contributed by atoms with Crippen molar-refractivity contribution in [1.29, 1.82) is 0 Å². The third-order valence-corrected chi connectivity index (χ3v) is 4.22. The Morgan fingerprint density at radius 1 is 1.33 bits per heavy atom. The van der Waals surface area contributed by atoms with Crippen molar-refractivity contribution in [3.8, 4) is 0 Å². The summed E-state index contributed by atoms with van der Waals surface area (Å²) < 4.78 is 2.98. The van der Waals surface area contributed by atoms with E-state index in [2.05, 4.69) is 37.4 Å². The van der Waals surface area contributed by atoms with Crippen molar-refractivity contribution in [1.82, 2.24) is 14.6 Å². The average molecular weight is 323 g/mol. The predicted molar refractivity (Wildman–Crippen MR) is 77.1 cm³/mol. The fourth-order valence-electron chi connectivity index (χ4n) is 1.72. The Morgan fingerprint density at radius 3 is 2.94 bits per heavy atom. The number of aromatic nitrogens is 3. The normalized spacial score (nSPS) is 11.0. The van der Waals surface area contributed by atoms with Gasteiger partial charge in [-0.05, 0) is 47.1 Å². The van der Waals surface area contributed by atoms with Crippen molar-refractivity contribution in [2.75, 3.05) is 5.32 Å². The number of hydrogen-bond donors (Lipinski definition) is 1. The monoisotopic (exact) mass is 322 g/mol. The van der Waals surface area contributed by atoms with Gasteiger partial charge in [0.2, 0.25) is 5.95 Å². The van der Waals surface area contributed by atoms with Crippen LogP contribution in [-0.2, 0) is 6.54 Å². The Hall–Kier alpha value is -1.40. The number of hydrogen-bond acceptors (Lipinski definition) is 4. The van der Waals surface area contributed by atoms with E-state index in [0.717, 1.165) is 21.7 Å². The first kappa shape index (κ1) is 11.7. The molecule has 0 radical (unpaired) electrons. The molecule has 4 nitrogen and oxygen atoms in total. The Balaban J connectivity index is 1.81. The number of nitrogens with one attached hydrogen (secondary N) is 1. The zero-order valence-electron chi connectivity index (χ0n) is 9.72. The fourth-order valence-corrected chi connectivity index (χ4v) is 3.15. The van der Waals surface area contributed by atoms with Gasteiger partial charge in [-0.3, -0.25) is 0 Å². The van der Waals surface area contributed by atoms with Gasteiger partial charge in [0.1, 0.15) is 0 Å². The van der Waals surface area contributed by atoms with Crippen LogP contribution in [0.2, 0.25) is 0 Å². The van der Waals surface area contributed by atoms with Gasteiger partial charge in [-0.25, -0.2) is 4.52 Å². The summed E-state index contributed by atoms with van der Waals surface area (Å²) >= 11 is 5.16. The van der Waals surface area contributed by atoms with Gasteiger partial charge in [0.05, 0.1) is 10.3 Å². The highest BCUT2D eigenvalue weighted by Gasteiger charge is 2.05. The summed E-state index contributed by atoms with van der Waals surface area (Å²) in [5.74, 6) is 0.661. The third kappa shape index (κ3) is 2.26. The largest absolute Gasteiger partial charge is 0.348 e. The molecule has 0 fully saturated rings. The van der Waals surface area contributed by atoms with Gasteiger partial charge in [0.15, 0.2) is 5.65 Å². The minimum Gasteiger partial charge on any atom is -0.348 e. The second-order valence-corrected chi connectivity index (χ2v) is 6.48. The molecule has 3 heterocycles. The van der Waals surface area contributed by atoms with Gasteiger partial charge >= 0.3 is 0 Å². The quantitative estimate of drug-likeness (QED) is 0.802. The third-order valence-electron chi connectivity index (χ3n) is 2.60. The number of halogens is 1. The van der Waals surface area contributed by atoms with E-state index >= 15 is 0 Å². The molecule has 0 amide bonds. The molecule has 0 spiro atoms. The first-order valence-corrected chi connectivity index (χ1v) is 7.14. The number of anilines is 1. The second kappa shape index (κ2) is 4.70. The minimum atomic E-state index is 0.661. The molecule has 0 aliphatic rings. The first-order valence-electron chi connectivity index (χ1n) is 5.53. The maximum Gasteiger partial charge on any atom is 0.243 e. The van der Waals surface area contributed by atoms with E-state index in [-0.39, 0.29) is 0 Å². The molecular formula is C12H11BrN4S. The smallest absolute Gasteiger partial charge is 0.243 e. The minimum absolute atomic E-state index is 0.661. The number of nitrogens with zero attached hydrogens (tertiary/aromatic N) is 3. The molecule has 92 valence electrons. The molecule has 0 aliphatic carbocycles. The summed E-state index contributed by atoms with van der Waals surface area (Å²) in [6.07, 6.45) is 0. The van der Waals surface area contributed by atoms with E-state index in [1.165, 1.54) is 4.88 Å². The van der Waals surface area contributed by atoms with Crippen LogP contribution < -0.4 is 5.32 Å². The lowest BCUT2D eigenvalue weighted by Gasteiger charge is -1.97. The topological polar surface area (TPSA) is 42.2 Å². The van der Waals surface area contributed by atoms with E-state index in [1.807, 2.05) is 35.7 Å². The summed E-state index contributed by atoms with van der Waals surface area (Å²) in [5, 5.41) is 7.66. The molecule has 0 bridgehead atoms. The molecule has 0 saturated heterocycles. The molecule has 18 heavy (non-hydrogen) atoms. The second-order valence-electron chi connectivity index (χ2n) is 3.93. The average Bonchev–Trinajstić information content (AvgIpc) is 2.93. The molecule has 6 heteroatoms. The molecule has 0 unspecified atom stereocenters. The lowest BCUT2D eigenvalue weighted by molar-refractivity contribution is 0.910. The van der Waals surface area contributed by atoms with Crippen molar-refractivity contribution in [3.05, 3.63) is 44.7 Å². The lowest BCUT2D eigenvalue weighted by Crippen LogP contribution is -1.99. The van der Waals surface area contributed by atoms with Crippen LogP contribution in [-0.4, -0.2) is 14.6 Å². The Morgan fingerprint density at radius 2 is 2.22 bits per heavy atom. The maximum absolute atomic E-state index is 4.43. The van der Waals surface area contributed by atoms with Crippen molar-refractivity contribution in [3.63, 3.8) is 0 Å². The molecular weight excluding hydrogens is 312 g/mol. The maximum atomic E-state index is 4.43. The van der Waals surface area contributed by atoms with Crippen LogP contribution in [0.4, 0.5) is 5.95 Å². The molecule has 0 atom stereocenters. The van der Waals surface area contributed by atoms with E-state index in [4.69, 9.17) is 0 Å². The number of aryl methyl sites for hydroxylation is 1. The molecule has 0 saturated carbocycles. The molecule has 3 aromatic rings. The van der Waals surface area contributed by atoms with Crippen LogP contribution in [0.15, 0.2) is 34.1 Å². The van der Waals surface area contributed by atoms with Crippen molar-refractivity contribution < 1.29 is 0 Å².